The summed E-state index contributed by atoms with van der Waals surface area (Å²) in [6, 6.07) is 18.4. The Balaban J connectivity index is 1.70. The Labute approximate surface area is 152 Å². The van der Waals surface area contributed by atoms with Crippen LogP contribution in [0, 0.1) is 25.2 Å². The maximum absolute atomic E-state index is 12.3. The molecule has 2 N–H and O–H groups in total. The zero-order valence-electron chi connectivity index (χ0n) is 14.6. The van der Waals surface area contributed by atoms with Crippen molar-refractivity contribution in [2.24, 2.45) is 0 Å². The van der Waals surface area contributed by atoms with Crippen LogP contribution in [0.25, 0.3) is 0 Å². The Morgan fingerprint density at radius 1 is 1.04 bits per heavy atom. The van der Waals surface area contributed by atoms with Crippen molar-refractivity contribution in [3.05, 3.63) is 83.2 Å². The molecule has 0 fully saturated rings. The third-order valence-corrected chi connectivity index (χ3v) is 3.91. The molecule has 0 aliphatic heterocycles. The third kappa shape index (κ3) is 4.05. The summed E-state index contributed by atoms with van der Waals surface area (Å²) in [6.45, 7) is 4.10. The molecule has 0 unspecified atom stereocenters. The van der Waals surface area contributed by atoms with Gasteiger partial charge in [0.15, 0.2) is 0 Å². The standard InChI is InChI=1S/C21H18N4O/c1-14-6-8-19(15(2)10-14)24-18-7-9-20(23-13-18)21(26)25-17-5-3-4-16(11-17)12-22/h3-11,13,24H,1-2H3,(H,25,26). The molecule has 0 saturated carbocycles. The topological polar surface area (TPSA) is 77.8 Å². The number of aromatic nitrogens is 1. The highest BCUT2D eigenvalue weighted by molar-refractivity contribution is 6.03. The van der Waals surface area contributed by atoms with Gasteiger partial charge in [0.2, 0.25) is 0 Å². The Kier molecular flexibility index (Phi) is 4.95. The van der Waals surface area contributed by atoms with Gasteiger partial charge in [0.25, 0.3) is 5.91 Å². The van der Waals surface area contributed by atoms with Crippen LogP contribution in [-0.2, 0) is 0 Å². The quantitative estimate of drug-likeness (QED) is 0.728. The van der Waals surface area contributed by atoms with Crippen molar-refractivity contribution in [3.8, 4) is 6.07 Å². The highest BCUT2D eigenvalue weighted by Gasteiger charge is 2.08. The van der Waals surface area contributed by atoms with Crippen molar-refractivity contribution in [2.75, 3.05) is 10.6 Å². The number of amides is 1. The summed E-state index contributed by atoms with van der Waals surface area (Å²) < 4.78 is 0. The SMILES string of the molecule is Cc1ccc(Nc2ccc(C(=O)Nc3cccc(C#N)c3)nc2)c(C)c1. The van der Waals surface area contributed by atoms with Crippen molar-refractivity contribution < 1.29 is 4.79 Å². The van der Waals surface area contributed by atoms with Crippen molar-refractivity contribution in [2.45, 2.75) is 13.8 Å². The van der Waals surface area contributed by atoms with Gasteiger partial charge in [0.1, 0.15) is 5.69 Å². The predicted molar refractivity (Wildman–Crippen MR) is 103 cm³/mol. The largest absolute Gasteiger partial charge is 0.354 e. The Morgan fingerprint density at radius 3 is 2.58 bits per heavy atom. The molecule has 0 radical (unpaired) electrons. The molecule has 5 heteroatoms. The minimum Gasteiger partial charge on any atom is -0.354 e. The van der Waals surface area contributed by atoms with Crippen molar-refractivity contribution in [1.82, 2.24) is 4.98 Å². The van der Waals surface area contributed by atoms with Crippen molar-refractivity contribution in [1.29, 1.82) is 5.26 Å². The monoisotopic (exact) mass is 342 g/mol. The van der Waals surface area contributed by atoms with Crippen LogP contribution in [0.3, 0.4) is 0 Å². The first-order valence-electron chi connectivity index (χ1n) is 8.17. The summed E-state index contributed by atoms with van der Waals surface area (Å²) in [5, 5.41) is 15.0. The molecule has 0 aliphatic rings. The van der Waals surface area contributed by atoms with Crippen LogP contribution in [0.5, 0.6) is 0 Å². The Bertz CT molecular complexity index is 988. The number of rotatable bonds is 4. The fourth-order valence-corrected chi connectivity index (χ4v) is 2.57. The highest BCUT2D eigenvalue weighted by atomic mass is 16.1. The van der Waals surface area contributed by atoms with Crippen LogP contribution >= 0.6 is 0 Å². The molecule has 0 atom stereocenters. The van der Waals surface area contributed by atoms with Crippen molar-refractivity contribution in [3.63, 3.8) is 0 Å². The molecule has 1 aromatic heterocycles. The summed E-state index contributed by atoms with van der Waals surface area (Å²) in [5.74, 6) is -0.321. The number of nitriles is 1. The van der Waals surface area contributed by atoms with E-state index < -0.39 is 0 Å². The second-order valence-electron chi connectivity index (χ2n) is 6.02. The van der Waals surface area contributed by atoms with Crippen LogP contribution in [0.4, 0.5) is 17.1 Å². The number of aryl methyl sites for hydroxylation is 2. The van der Waals surface area contributed by atoms with E-state index in [0.29, 0.717) is 16.9 Å². The van der Waals surface area contributed by atoms with Gasteiger partial charge in [-0.25, -0.2) is 4.98 Å². The lowest BCUT2D eigenvalue weighted by Crippen LogP contribution is -2.13. The van der Waals surface area contributed by atoms with E-state index in [0.717, 1.165) is 16.9 Å². The van der Waals surface area contributed by atoms with Crippen LogP contribution in [0.2, 0.25) is 0 Å². The highest BCUT2D eigenvalue weighted by Crippen LogP contribution is 2.21. The number of hydrogen-bond acceptors (Lipinski definition) is 4. The fourth-order valence-electron chi connectivity index (χ4n) is 2.57. The minimum absolute atomic E-state index is 0.304. The lowest BCUT2D eigenvalue weighted by molar-refractivity contribution is 0.102. The van der Waals surface area contributed by atoms with Gasteiger partial charge in [0.05, 0.1) is 23.5 Å². The van der Waals surface area contributed by atoms with E-state index >= 15 is 0 Å². The van der Waals surface area contributed by atoms with Crippen LogP contribution in [0.1, 0.15) is 27.2 Å². The molecule has 0 aliphatic carbocycles. The summed E-state index contributed by atoms with van der Waals surface area (Å²) in [4.78, 5) is 16.5. The van der Waals surface area contributed by atoms with Gasteiger partial charge >= 0.3 is 0 Å². The third-order valence-electron chi connectivity index (χ3n) is 3.91. The van der Waals surface area contributed by atoms with Gasteiger partial charge in [-0.2, -0.15) is 5.26 Å². The average molecular weight is 342 g/mol. The first kappa shape index (κ1) is 17.2. The molecule has 5 nitrogen and oxygen atoms in total. The molecule has 1 amide bonds. The predicted octanol–water partition coefficient (Wildman–Crippen LogP) is 4.57. The average Bonchev–Trinajstić information content (AvgIpc) is 2.64. The molecule has 26 heavy (non-hydrogen) atoms. The van der Waals surface area contributed by atoms with E-state index in [1.54, 1.807) is 36.5 Å². The van der Waals surface area contributed by atoms with Gasteiger partial charge in [-0.15, -0.1) is 0 Å². The summed E-state index contributed by atoms with van der Waals surface area (Å²) in [7, 11) is 0. The Morgan fingerprint density at radius 2 is 1.88 bits per heavy atom. The number of carbonyl (C=O) groups excluding carboxylic acids is 1. The Hall–Kier alpha value is -3.65. The second kappa shape index (κ2) is 7.49. The summed E-state index contributed by atoms with van der Waals surface area (Å²) >= 11 is 0. The van der Waals surface area contributed by atoms with Gasteiger partial charge in [-0.1, -0.05) is 23.8 Å². The van der Waals surface area contributed by atoms with Gasteiger partial charge in [-0.05, 0) is 55.8 Å². The van der Waals surface area contributed by atoms with Crippen LogP contribution < -0.4 is 10.6 Å². The van der Waals surface area contributed by atoms with E-state index in [-0.39, 0.29) is 5.91 Å². The van der Waals surface area contributed by atoms with Crippen molar-refractivity contribution >= 4 is 23.0 Å². The normalized spacial score (nSPS) is 10.0. The lowest BCUT2D eigenvalue weighted by atomic mass is 10.1. The zero-order chi connectivity index (χ0) is 18.5. The number of hydrogen-bond donors (Lipinski definition) is 2. The molecular weight excluding hydrogens is 324 g/mol. The van der Waals surface area contributed by atoms with Gasteiger partial charge in [-0.3, -0.25) is 4.79 Å². The lowest BCUT2D eigenvalue weighted by Gasteiger charge is -2.10. The zero-order valence-corrected chi connectivity index (χ0v) is 14.6. The molecule has 0 spiro atoms. The molecule has 3 rings (SSSR count). The smallest absolute Gasteiger partial charge is 0.274 e. The van der Waals surface area contributed by atoms with E-state index in [1.807, 2.05) is 31.2 Å². The number of benzene rings is 2. The number of anilines is 3. The number of nitrogens with one attached hydrogen (secondary N) is 2. The molecular formula is C21H18N4O. The number of pyridine rings is 1. The molecule has 2 aromatic carbocycles. The molecule has 0 saturated heterocycles. The van der Waals surface area contributed by atoms with Crippen LogP contribution in [-0.4, -0.2) is 10.9 Å². The van der Waals surface area contributed by atoms with Gasteiger partial charge in [0, 0.05) is 11.4 Å². The van der Waals surface area contributed by atoms with E-state index in [4.69, 9.17) is 5.26 Å². The first-order chi connectivity index (χ1) is 12.5. The van der Waals surface area contributed by atoms with E-state index in [2.05, 4.69) is 28.6 Å². The van der Waals surface area contributed by atoms with E-state index in [1.165, 1.54) is 5.56 Å². The molecule has 128 valence electrons. The molecule has 0 bridgehead atoms. The van der Waals surface area contributed by atoms with E-state index in [9.17, 15) is 4.79 Å². The maximum Gasteiger partial charge on any atom is 0.274 e. The number of nitrogens with zero attached hydrogens (tertiary/aromatic N) is 2. The molecule has 1 heterocycles. The summed E-state index contributed by atoms with van der Waals surface area (Å²) in [5.41, 5.74) is 5.52. The molecule has 3 aromatic rings. The number of carbonyl (C=O) groups is 1. The second-order valence-corrected chi connectivity index (χ2v) is 6.02. The maximum atomic E-state index is 12.3. The first-order valence-corrected chi connectivity index (χ1v) is 8.17. The van der Waals surface area contributed by atoms with Gasteiger partial charge < -0.3 is 10.6 Å². The summed E-state index contributed by atoms with van der Waals surface area (Å²) in [6.07, 6.45) is 1.62. The van der Waals surface area contributed by atoms with Crippen LogP contribution in [0.15, 0.2) is 60.8 Å². The fraction of sp³-hybridized carbons (Fsp3) is 0.0952. The minimum atomic E-state index is -0.321.